The lowest BCUT2D eigenvalue weighted by Crippen LogP contribution is -2.45. The predicted molar refractivity (Wildman–Crippen MR) is 64.1 cm³/mol. The normalized spacial score (nSPS) is 19.9. The number of carbonyl (C=O) groups is 1. The first-order valence-electron chi connectivity index (χ1n) is 5.76. The number of thiol groups is 1. The van der Waals surface area contributed by atoms with Gasteiger partial charge < -0.3 is 10.0 Å². The number of hydrogen-bond donors (Lipinski definition) is 2. The second-order valence-electron chi connectivity index (χ2n) is 4.22. The van der Waals surface area contributed by atoms with E-state index in [1.165, 1.54) is 19.3 Å². The van der Waals surface area contributed by atoms with E-state index in [0.717, 1.165) is 12.8 Å². The lowest BCUT2D eigenvalue weighted by atomic mass is 9.94. The molecule has 0 spiro atoms. The third kappa shape index (κ3) is 3.68. The van der Waals surface area contributed by atoms with Gasteiger partial charge in [-0.15, -0.1) is 0 Å². The molecule has 1 aliphatic carbocycles. The van der Waals surface area contributed by atoms with Crippen LogP contribution in [0.4, 0.5) is 0 Å². The average molecular weight is 231 g/mol. The molecule has 1 rings (SSSR count). The SMILES string of the molecule is CC(S)C(=O)N(CCO)C1CCCCC1. The highest BCUT2D eigenvalue weighted by molar-refractivity contribution is 7.81. The first kappa shape index (κ1) is 12.8. The van der Waals surface area contributed by atoms with E-state index in [-0.39, 0.29) is 17.8 Å². The second-order valence-corrected chi connectivity index (χ2v) is 5.00. The van der Waals surface area contributed by atoms with Crippen LogP contribution < -0.4 is 0 Å². The van der Waals surface area contributed by atoms with Crippen LogP contribution in [0.3, 0.4) is 0 Å². The smallest absolute Gasteiger partial charge is 0.235 e. The van der Waals surface area contributed by atoms with Crippen molar-refractivity contribution in [3.05, 3.63) is 0 Å². The molecule has 0 bridgehead atoms. The van der Waals surface area contributed by atoms with Gasteiger partial charge in [-0.3, -0.25) is 4.79 Å². The highest BCUT2D eigenvalue weighted by Crippen LogP contribution is 2.23. The molecule has 0 heterocycles. The molecular formula is C11H21NO2S. The van der Waals surface area contributed by atoms with Crippen molar-refractivity contribution in [1.29, 1.82) is 0 Å². The third-order valence-corrected chi connectivity index (χ3v) is 3.22. The predicted octanol–water partition coefficient (Wildman–Crippen LogP) is 1.46. The Morgan fingerprint density at radius 1 is 1.47 bits per heavy atom. The topological polar surface area (TPSA) is 40.5 Å². The van der Waals surface area contributed by atoms with E-state index in [1.807, 2.05) is 4.90 Å². The van der Waals surface area contributed by atoms with Crippen molar-refractivity contribution in [3.63, 3.8) is 0 Å². The highest BCUT2D eigenvalue weighted by Gasteiger charge is 2.26. The van der Waals surface area contributed by atoms with E-state index in [2.05, 4.69) is 12.6 Å². The molecule has 1 saturated carbocycles. The number of hydrogen-bond acceptors (Lipinski definition) is 3. The summed E-state index contributed by atoms with van der Waals surface area (Å²) in [7, 11) is 0. The van der Waals surface area contributed by atoms with Crippen molar-refractivity contribution < 1.29 is 9.90 Å². The summed E-state index contributed by atoms with van der Waals surface area (Å²) in [6.07, 6.45) is 5.81. The Morgan fingerprint density at radius 3 is 2.53 bits per heavy atom. The molecule has 0 aromatic carbocycles. The Hall–Kier alpha value is -0.220. The lowest BCUT2D eigenvalue weighted by molar-refractivity contribution is -0.133. The number of rotatable bonds is 4. The quantitative estimate of drug-likeness (QED) is 0.719. The Bertz CT molecular complexity index is 203. The first-order valence-corrected chi connectivity index (χ1v) is 6.28. The van der Waals surface area contributed by atoms with E-state index < -0.39 is 0 Å². The maximum absolute atomic E-state index is 11.9. The molecule has 15 heavy (non-hydrogen) atoms. The monoisotopic (exact) mass is 231 g/mol. The maximum Gasteiger partial charge on any atom is 0.235 e. The van der Waals surface area contributed by atoms with Gasteiger partial charge in [0.1, 0.15) is 0 Å². The van der Waals surface area contributed by atoms with Crippen molar-refractivity contribution in [2.75, 3.05) is 13.2 Å². The molecule has 0 saturated heterocycles. The van der Waals surface area contributed by atoms with Gasteiger partial charge in [-0.1, -0.05) is 19.3 Å². The van der Waals surface area contributed by atoms with Gasteiger partial charge in [-0.25, -0.2) is 0 Å². The molecule has 1 aliphatic rings. The molecule has 1 unspecified atom stereocenters. The molecule has 1 atom stereocenters. The fraction of sp³-hybridized carbons (Fsp3) is 0.909. The average Bonchev–Trinajstić information content (AvgIpc) is 2.26. The van der Waals surface area contributed by atoms with Crippen LogP contribution in [0, 0.1) is 0 Å². The van der Waals surface area contributed by atoms with E-state index in [0.29, 0.717) is 12.6 Å². The van der Waals surface area contributed by atoms with Gasteiger partial charge in [0, 0.05) is 12.6 Å². The van der Waals surface area contributed by atoms with Crippen LogP contribution in [-0.2, 0) is 4.79 Å². The van der Waals surface area contributed by atoms with Crippen molar-refractivity contribution >= 4 is 18.5 Å². The van der Waals surface area contributed by atoms with Gasteiger partial charge in [0.05, 0.1) is 11.9 Å². The summed E-state index contributed by atoms with van der Waals surface area (Å²) in [6.45, 7) is 2.29. The minimum absolute atomic E-state index is 0.0444. The molecule has 0 aliphatic heterocycles. The highest BCUT2D eigenvalue weighted by atomic mass is 32.1. The van der Waals surface area contributed by atoms with Crippen LogP contribution in [0.5, 0.6) is 0 Å². The van der Waals surface area contributed by atoms with E-state index in [4.69, 9.17) is 5.11 Å². The summed E-state index contributed by atoms with van der Waals surface area (Å²) >= 11 is 4.17. The van der Waals surface area contributed by atoms with E-state index >= 15 is 0 Å². The number of nitrogens with zero attached hydrogens (tertiary/aromatic N) is 1. The van der Waals surface area contributed by atoms with Gasteiger partial charge in [-0.05, 0) is 19.8 Å². The van der Waals surface area contributed by atoms with Gasteiger partial charge >= 0.3 is 0 Å². The fourth-order valence-corrected chi connectivity index (χ4v) is 2.36. The molecule has 88 valence electrons. The second kappa shape index (κ2) is 6.38. The van der Waals surface area contributed by atoms with Gasteiger partial charge in [0.25, 0.3) is 0 Å². The van der Waals surface area contributed by atoms with Crippen LogP contribution in [0.1, 0.15) is 39.0 Å². The van der Waals surface area contributed by atoms with Gasteiger partial charge in [-0.2, -0.15) is 12.6 Å². The molecule has 1 amide bonds. The Labute approximate surface area is 97.3 Å². The summed E-state index contributed by atoms with van der Waals surface area (Å²) in [5, 5.41) is 8.71. The summed E-state index contributed by atoms with van der Waals surface area (Å²) < 4.78 is 0. The molecule has 0 radical (unpaired) electrons. The molecule has 3 nitrogen and oxygen atoms in total. The van der Waals surface area contributed by atoms with Crippen LogP contribution in [0.25, 0.3) is 0 Å². The van der Waals surface area contributed by atoms with E-state index in [1.54, 1.807) is 6.92 Å². The van der Waals surface area contributed by atoms with Crippen molar-refractivity contribution in [1.82, 2.24) is 4.90 Å². The van der Waals surface area contributed by atoms with Crippen molar-refractivity contribution in [2.45, 2.75) is 50.3 Å². The summed E-state index contributed by atoms with van der Waals surface area (Å²) in [5.41, 5.74) is 0. The van der Waals surface area contributed by atoms with Gasteiger partial charge in [0.15, 0.2) is 0 Å². The minimum atomic E-state index is -0.265. The molecule has 1 N–H and O–H groups in total. The number of carbonyl (C=O) groups excluding carboxylic acids is 1. The summed E-state index contributed by atoms with van der Waals surface area (Å²) in [5.74, 6) is 0.0549. The third-order valence-electron chi connectivity index (χ3n) is 3.00. The van der Waals surface area contributed by atoms with Crippen molar-refractivity contribution in [3.8, 4) is 0 Å². The maximum atomic E-state index is 11.9. The van der Waals surface area contributed by atoms with Crippen LogP contribution in [-0.4, -0.2) is 40.4 Å². The zero-order chi connectivity index (χ0) is 11.3. The lowest BCUT2D eigenvalue weighted by Gasteiger charge is -2.34. The number of aliphatic hydroxyl groups is 1. The number of amides is 1. The zero-order valence-electron chi connectivity index (χ0n) is 9.35. The first-order chi connectivity index (χ1) is 7.16. The molecule has 0 aromatic heterocycles. The summed E-state index contributed by atoms with van der Waals surface area (Å²) in [4.78, 5) is 13.7. The van der Waals surface area contributed by atoms with Gasteiger partial charge in [0.2, 0.25) is 5.91 Å². The molecule has 0 aromatic rings. The standard InChI is InChI=1S/C11H21NO2S/c1-9(15)11(14)12(7-8-13)10-5-3-2-4-6-10/h9-10,13,15H,2-8H2,1H3. The van der Waals surface area contributed by atoms with Crippen LogP contribution >= 0.6 is 12.6 Å². The zero-order valence-corrected chi connectivity index (χ0v) is 10.2. The Morgan fingerprint density at radius 2 is 2.07 bits per heavy atom. The molecular weight excluding hydrogens is 210 g/mol. The molecule has 1 fully saturated rings. The Balaban J connectivity index is 2.58. The van der Waals surface area contributed by atoms with Crippen LogP contribution in [0.15, 0.2) is 0 Å². The largest absolute Gasteiger partial charge is 0.395 e. The number of aliphatic hydroxyl groups excluding tert-OH is 1. The van der Waals surface area contributed by atoms with Crippen LogP contribution in [0.2, 0.25) is 0 Å². The fourth-order valence-electron chi connectivity index (χ4n) is 2.21. The molecule has 4 heteroatoms. The summed E-state index contributed by atoms with van der Waals surface area (Å²) in [6, 6.07) is 0.327. The van der Waals surface area contributed by atoms with Crippen molar-refractivity contribution in [2.24, 2.45) is 0 Å². The minimum Gasteiger partial charge on any atom is -0.395 e. The van der Waals surface area contributed by atoms with E-state index in [9.17, 15) is 4.79 Å². The Kier molecular flexibility index (Phi) is 5.47.